The fourth-order valence-electron chi connectivity index (χ4n) is 1.66. The van der Waals surface area contributed by atoms with Gasteiger partial charge >= 0.3 is 0 Å². The minimum absolute atomic E-state index is 0.653. The average molecular weight is 228 g/mol. The van der Waals surface area contributed by atoms with Crippen LogP contribution < -0.4 is 5.32 Å². The van der Waals surface area contributed by atoms with Gasteiger partial charge in [0.1, 0.15) is 5.82 Å². The fourth-order valence-corrected chi connectivity index (χ4v) is 1.66. The van der Waals surface area contributed by atoms with E-state index in [9.17, 15) is 0 Å². The highest BCUT2D eigenvalue weighted by Gasteiger charge is 2.02. The van der Waals surface area contributed by atoms with Crippen LogP contribution in [0.5, 0.6) is 0 Å². The van der Waals surface area contributed by atoms with Crippen LogP contribution >= 0.6 is 0 Å². The van der Waals surface area contributed by atoms with Crippen molar-refractivity contribution in [1.82, 2.24) is 15.2 Å². The second-order valence-electron chi connectivity index (χ2n) is 3.86. The van der Waals surface area contributed by atoms with Crippen molar-refractivity contribution < 1.29 is 0 Å². The number of aryl methyl sites for hydroxylation is 1. The maximum absolute atomic E-state index is 4.35. The summed E-state index contributed by atoms with van der Waals surface area (Å²) >= 11 is 0. The molecular weight excluding hydrogens is 212 g/mol. The molecule has 88 valence electrons. The van der Waals surface area contributed by atoms with Gasteiger partial charge in [-0.2, -0.15) is 5.10 Å². The van der Waals surface area contributed by atoms with E-state index in [4.69, 9.17) is 0 Å². The number of anilines is 1. The quantitative estimate of drug-likeness (QED) is 0.873. The molecule has 0 atom stereocenters. The lowest BCUT2D eigenvalue weighted by Gasteiger charge is -2.03. The number of nitrogens with one attached hydrogen (secondary N) is 1. The summed E-state index contributed by atoms with van der Waals surface area (Å²) in [6.45, 7) is 2.18. The first kappa shape index (κ1) is 11.5. The predicted octanol–water partition coefficient (Wildman–Crippen LogP) is 2.53. The number of rotatable bonds is 4. The van der Waals surface area contributed by atoms with Crippen LogP contribution in [0, 0.1) is 0 Å². The molecule has 0 saturated carbocycles. The third-order valence-electron chi connectivity index (χ3n) is 2.57. The summed E-state index contributed by atoms with van der Waals surface area (Å²) in [6.07, 6.45) is 3.87. The van der Waals surface area contributed by atoms with Crippen LogP contribution in [0.1, 0.15) is 18.9 Å². The molecule has 0 aliphatic carbocycles. The maximum atomic E-state index is 4.35. The Hall–Kier alpha value is -1.97. The van der Waals surface area contributed by atoms with Crippen molar-refractivity contribution in [3.8, 4) is 11.4 Å². The smallest absolute Gasteiger partial charge is 0.183 e. The zero-order valence-electron chi connectivity index (χ0n) is 10.1. The number of hydrogen-bond donors (Lipinski definition) is 1. The topological polar surface area (TPSA) is 50.7 Å². The van der Waals surface area contributed by atoms with Crippen molar-refractivity contribution >= 4 is 5.82 Å². The van der Waals surface area contributed by atoms with Crippen LogP contribution in [0.2, 0.25) is 0 Å². The van der Waals surface area contributed by atoms with E-state index in [-0.39, 0.29) is 0 Å². The fraction of sp³-hybridized carbons (Fsp3) is 0.308. The molecule has 0 spiro atoms. The molecule has 0 radical (unpaired) electrons. The summed E-state index contributed by atoms with van der Waals surface area (Å²) in [6, 6.07) is 8.32. The SMILES string of the molecule is CCCc1ccc(-c2nncc(NC)n2)cc1. The molecule has 0 unspecified atom stereocenters. The second-order valence-corrected chi connectivity index (χ2v) is 3.86. The van der Waals surface area contributed by atoms with Crippen molar-refractivity contribution in [2.24, 2.45) is 0 Å². The zero-order valence-corrected chi connectivity index (χ0v) is 10.1. The predicted molar refractivity (Wildman–Crippen MR) is 68.8 cm³/mol. The van der Waals surface area contributed by atoms with Gasteiger partial charge in [0.05, 0.1) is 6.20 Å². The van der Waals surface area contributed by atoms with Crippen LogP contribution in [0.3, 0.4) is 0 Å². The van der Waals surface area contributed by atoms with E-state index in [1.54, 1.807) is 6.20 Å². The molecule has 2 aromatic rings. The van der Waals surface area contributed by atoms with Gasteiger partial charge in [-0.25, -0.2) is 4.98 Å². The number of nitrogens with zero attached hydrogens (tertiary/aromatic N) is 3. The van der Waals surface area contributed by atoms with Crippen LogP contribution in [0.4, 0.5) is 5.82 Å². The Morgan fingerprint density at radius 3 is 2.59 bits per heavy atom. The molecule has 0 bridgehead atoms. The van der Waals surface area contributed by atoms with E-state index in [1.807, 2.05) is 19.2 Å². The molecule has 1 N–H and O–H groups in total. The molecular formula is C13H16N4. The van der Waals surface area contributed by atoms with Gasteiger partial charge in [-0.15, -0.1) is 5.10 Å². The number of hydrogen-bond acceptors (Lipinski definition) is 4. The molecule has 2 rings (SSSR count). The van der Waals surface area contributed by atoms with E-state index < -0.39 is 0 Å². The van der Waals surface area contributed by atoms with Gasteiger partial charge in [-0.05, 0) is 12.0 Å². The van der Waals surface area contributed by atoms with Crippen molar-refractivity contribution in [2.75, 3.05) is 12.4 Å². The summed E-state index contributed by atoms with van der Waals surface area (Å²) < 4.78 is 0. The minimum atomic E-state index is 0.653. The lowest BCUT2D eigenvalue weighted by Crippen LogP contribution is -1.98. The number of aromatic nitrogens is 3. The lowest BCUT2D eigenvalue weighted by molar-refractivity contribution is 0.921. The summed E-state index contributed by atoms with van der Waals surface area (Å²) in [4.78, 5) is 4.35. The van der Waals surface area contributed by atoms with Crippen molar-refractivity contribution in [3.63, 3.8) is 0 Å². The van der Waals surface area contributed by atoms with Crippen LogP contribution in [0.25, 0.3) is 11.4 Å². The second kappa shape index (κ2) is 5.39. The van der Waals surface area contributed by atoms with Gasteiger partial charge in [-0.1, -0.05) is 37.6 Å². The molecule has 1 aromatic heterocycles. The largest absolute Gasteiger partial charge is 0.372 e. The summed E-state index contributed by atoms with van der Waals surface area (Å²) in [5, 5.41) is 10.9. The zero-order chi connectivity index (χ0) is 12.1. The third kappa shape index (κ3) is 2.78. The first-order valence-corrected chi connectivity index (χ1v) is 5.80. The van der Waals surface area contributed by atoms with Crippen LogP contribution in [-0.2, 0) is 6.42 Å². The van der Waals surface area contributed by atoms with Gasteiger partial charge in [0.25, 0.3) is 0 Å². The van der Waals surface area contributed by atoms with Crippen molar-refractivity contribution in [3.05, 3.63) is 36.0 Å². The molecule has 17 heavy (non-hydrogen) atoms. The highest BCUT2D eigenvalue weighted by atomic mass is 15.2. The Labute approximate surface area is 101 Å². The van der Waals surface area contributed by atoms with Crippen molar-refractivity contribution in [1.29, 1.82) is 0 Å². The van der Waals surface area contributed by atoms with E-state index >= 15 is 0 Å². The van der Waals surface area contributed by atoms with E-state index in [1.165, 1.54) is 5.56 Å². The minimum Gasteiger partial charge on any atom is -0.372 e. The molecule has 1 heterocycles. The molecule has 4 nitrogen and oxygen atoms in total. The maximum Gasteiger partial charge on any atom is 0.183 e. The molecule has 0 saturated heterocycles. The van der Waals surface area contributed by atoms with E-state index in [2.05, 4.69) is 39.6 Å². The van der Waals surface area contributed by atoms with E-state index in [0.717, 1.165) is 24.2 Å². The number of benzene rings is 1. The van der Waals surface area contributed by atoms with E-state index in [0.29, 0.717) is 5.82 Å². The summed E-state index contributed by atoms with van der Waals surface area (Å²) in [5.74, 6) is 1.38. The van der Waals surface area contributed by atoms with Gasteiger partial charge in [-0.3, -0.25) is 0 Å². The third-order valence-corrected chi connectivity index (χ3v) is 2.57. The molecule has 0 aliphatic heterocycles. The Kier molecular flexibility index (Phi) is 3.65. The molecule has 0 fully saturated rings. The molecule has 0 amide bonds. The highest BCUT2D eigenvalue weighted by molar-refractivity contribution is 5.56. The molecule has 1 aromatic carbocycles. The van der Waals surface area contributed by atoms with Gasteiger partial charge in [0.15, 0.2) is 5.82 Å². The lowest BCUT2D eigenvalue weighted by atomic mass is 10.1. The van der Waals surface area contributed by atoms with Crippen LogP contribution in [-0.4, -0.2) is 22.2 Å². The highest BCUT2D eigenvalue weighted by Crippen LogP contribution is 2.16. The van der Waals surface area contributed by atoms with Crippen LogP contribution in [0.15, 0.2) is 30.5 Å². The normalized spacial score (nSPS) is 10.2. The monoisotopic (exact) mass is 228 g/mol. The summed E-state index contributed by atoms with van der Waals surface area (Å²) in [7, 11) is 1.82. The Morgan fingerprint density at radius 2 is 1.94 bits per heavy atom. The van der Waals surface area contributed by atoms with Crippen molar-refractivity contribution in [2.45, 2.75) is 19.8 Å². The standard InChI is InChI=1S/C13H16N4/c1-3-4-10-5-7-11(8-6-10)13-16-12(14-2)9-15-17-13/h5-9H,3-4H2,1-2H3,(H,14,16,17). The molecule has 0 aliphatic rings. The Morgan fingerprint density at radius 1 is 1.18 bits per heavy atom. The molecule has 4 heteroatoms. The van der Waals surface area contributed by atoms with Gasteiger partial charge in [0.2, 0.25) is 0 Å². The Bertz CT molecular complexity index is 479. The Balaban J connectivity index is 2.26. The van der Waals surface area contributed by atoms with Gasteiger partial charge in [0, 0.05) is 12.6 Å². The summed E-state index contributed by atoms with van der Waals surface area (Å²) in [5.41, 5.74) is 2.34. The average Bonchev–Trinajstić information content (AvgIpc) is 2.40. The first-order valence-electron chi connectivity index (χ1n) is 5.80. The van der Waals surface area contributed by atoms with Gasteiger partial charge < -0.3 is 5.32 Å². The first-order chi connectivity index (χ1) is 8.33.